The third-order valence-electron chi connectivity index (χ3n) is 5.21. The number of morpholine rings is 1. The van der Waals surface area contributed by atoms with Crippen molar-refractivity contribution >= 4 is 11.7 Å². The van der Waals surface area contributed by atoms with Crippen molar-refractivity contribution in [3.63, 3.8) is 0 Å². The van der Waals surface area contributed by atoms with Crippen LogP contribution in [0.4, 0.5) is 5.82 Å². The Kier molecular flexibility index (Phi) is 5.60. The zero-order chi connectivity index (χ0) is 18.5. The molecule has 7 heteroatoms. The van der Waals surface area contributed by atoms with Gasteiger partial charge in [0.1, 0.15) is 11.9 Å². The van der Waals surface area contributed by atoms with Crippen LogP contribution in [0.15, 0.2) is 48.9 Å². The van der Waals surface area contributed by atoms with E-state index in [1.54, 1.807) is 6.20 Å². The molecule has 0 bridgehead atoms. The van der Waals surface area contributed by atoms with Gasteiger partial charge in [-0.15, -0.1) is 0 Å². The SMILES string of the molecule is O=C([C@H](c1cccnc1)N1CCOCC1)N1CCN(c2ccccn2)CC1. The summed E-state index contributed by atoms with van der Waals surface area (Å²) in [6.07, 6.45) is 5.36. The Hall–Kier alpha value is -2.51. The maximum atomic E-state index is 13.4. The number of carbonyl (C=O) groups is 1. The summed E-state index contributed by atoms with van der Waals surface area (Å²) in [5.41, 5.74) is 0.955. The summed E-state index contributed by atoms with van der Waals surface area (Å²) in [6, 6.07) is 9.54. The van der Waals surface area contributed by atoms with E-state index in [-0.39, 0.29) is 11.9 Å². The molecular formula is C20H25N5O2. The van der Waals surface area contributed by atoms with Crippen LogP contribution in [0.1, 0.15) is 11.6 Å². The molecule has 0 saturated carbocycles. The van der Waals surface area contributed by atoms with Crippen molar-refractivity contribution in [1.82, 2.24) is 19.8 Å². The van der Waals surface area contributed by atoms with Gasteiger partial charge < -0.3 is 14.5 Å². The standard InChI is InChI=1S/C20H25N5O2/c26-20(25-10-8-23(9-11-25)18-5-1-2-7-22-18)19(17-4-3-6-21-16-17)24-12-14-27-15-13-24/h1-7,16,19H,8-15H2/t19-/m0/s1. The molecule has 2 aromatic rings. The first kappa shape index (κ1) is 17.9. The summed E-state index contributed by atoms with van der Waals surface area (Å²) in [7, 11) is 0. The highest BCUT2D eigenvalue weighted by molar-refractivity contribution is 5.83. The highest BCUT2D eigenvalue weighted by Crippen LogP contribution is 2.25. The fourth-order valence-electron chi connectivity index (χ4n) is 3.75. The van der Waals surface area contributed by atoms with E-state index in [0.29, 0.717) is 26.3 Å². The van der Waals surface area contributed by atoms with Gasteiger partial charge in [0, 0.05) is 57.9 Å². The van der Waals surface area contributed by atoms with Gasteiger partial charge in [0.25, 0.3) is 0 Å². The average Bonchev–Trinajstić information content (AvgIpc) is 2.76. The van der Waals surface area contributed by atoms with E-state index in [1.807, 2.05) is 47.6 Å². The molecule has 0 aliphatic carbocycles. The molecule has 27 heavy (non-hydrogen) atoms. The molecule has 7 nitrogen and oxygen atoms in total. The van der Waals surface area contributed by atoms with E-state index in [1.165, 1.54) is 0 Å². The maximum absolute atomic E-state index is 13.4. The second-order valence-electron chi connectivity index (χ2n) is 6.84. The summed E-state index contributed by atoms with van der Waals surface area (Å²) in [5.74, 6) is 1.13. The minimum atomic E-state index is -0.288. The van der Waals surface area contributed by atoms with Crippen molar-refractivity contribution < 1.29 is 9.53 Å². The van der Waals surface area contributed by atoms with Gasteiger partial charge in [0.15, 0.2) is 0 Å². The van der Waals surface area contributed by atoms with E-state index < -0.39 is 0 Å². The first-order valence-electron chi connectivity index (χ1n) is 9.49. The van der Waals surface area contributed by atoms with Crippen LogP contribution < -0.4 is 4.90 Å². The Balaban J connectivity index is 1.47. The van der Waals surface area contributed by atoms with E-state index in [0.717, 1.165) is 37.6 Å². The molecule has 0 aromatic carbocycles. The second-order valence-corrected chi connectivity index (χ2v) is 6.84. The van der Waals surface area contributed by atoms with Gasteiger partial charge in [-0.3, -0.25) is 14.7 Å². The fraction of sp³-hybridized carbons (Fsp3) is 0.450. The van der Waals surface area contributed by atoms with Gasteiger partial charge in [0.05, 0.1) is 13.2 Å². The van der Waals surface area contributed by atoms with E-state index >= 15 is 0 Å². The maximum Gasteiger partial charge on any atom is 0.244 e. The predicted octanol–water partition coefficient (Wildman–Crippen LogP) is 1.20. The number of aromatic nitrogens is 2. The molecule has 2 fully saturated rings. The zero-order valence-corrected chi connectivity index (χ0v) is 15.4. The van der Waals surface area contributed by atoms with Gasteiger partial charge in [-0.1, -0.05) is 12.1 Å². The highest BCUT2D eigenvalue weighted by Gasteiger charge is 2.34. The number of carbonyl (C=O) groups excluding carboxylic acids is 1. The predicted molar refractivity (Wildman–Crippen MR) is 102 cm³/mol. The molecule has 1 amide bonds. The third kappa shape index (κ3) is 4.09. The molecule has 4 rings (SSSR count). The Bertz CT molecular complexity index is 729. The molecular weight excluding hydrogens is 342 g/mol. The minimum Gasteiger partial charge on any atom is -0.379 e. The molecule has 0 unspecified atom stereocenters. The van der Waals surface area contributed by atoms with Gasteiger partial charge in [-0.05, 0) is 23.8 Å². The van der Waals surface area contributed by atoms with Crippen molar-refractivity contribution in [2.24, 2.45) is 0 Å². The number of hydrogen-bond acceptors (Lipinski definition) is 6. The molecule has 142 valence electrons. The summed E-state index contributed by atoms with van der Waals surface area (Å²) in [4.78, 5) is 28.5. The van der Waals surface area contributed by atoms with Crippen molar-refractivity contribution in [3.05, 3.63) is 54.5 Å². The molecule has 2 aliphatic rings. The van der Waals surface area contributed by atoms with Crippen LogP contribution in [-0.4, -0.2) is 78.2 Å². The smallest absolute Gasteiger partial charge is 0.244 e. The number of anilines is 1. The second kappa shape index (κ2) is 8.45. The number of pyridine rings is 2. The van der Waals surface area contributed by atoms with Gasteiger partial charge in [-0.2, -0.15) is 0 Å². The number of piperazine rings is 1. The third-order valence-corrected chi connectivity index (χ3v) is 5.21. The quantitative estimate of drug-likeness (QED) is 0.809. The van der Waals surface area contributed by atoms with Crippen LogP contribution in [0.25, 0.3) is 0 Å². The summed E-state index contributed by atoms with van der Waals surface area (Å²) >= 11 is 0. The highest BCUT2D eigenvalue weighted by atomic mass is 16.5. The number of ether oxygens (including phenoxy) is 1. The minimum absolute atomic E-state index is 0.158. The lowest BCUT2D eigenvalue weighted by Crippen LogP contribution is -2.53. The van der Waals surface area contributed by atoms with Crippen molar-refractivity contribution in [1.29, 1.82) is 0 Å². The number of hydrogen-bond donors (Lipinski definition) is 0. The average molecular weight is 367 g/mol. The van der Waals surface area contributed by atoms with Crippen LogP contribution in [0, 0.1) is 0 Å². The molecule has 0 spiro atoms. The first-order chi connectivity index (χ1) is 13.3. The lowest BCUT2D eigenvalue weighted by Gasteiger charge is -2.40. The van der Waals surface area contributed by atoms with Crippen LogP contribution >= 0.6 is 0 Å². The largest absolute Gasteiger partial charge is 0.379 e. The molecule has 4 heterocycles. The Morgan fingerprint density at radius 2 is 1.78 bits per heavy atom. The van der Waals surface area contributed by atoms with E-state index in [2.05, 4.69) is 19.8 Å². The molecule has 1 atom stereocenters. The van der Waals surface area contributed by atoms with Crippen LogP contribution in [0.3, 0.4) is 0 Å². The molecule has 2 aliphatic heterocycles. The van der Waals surface area contributed by atoms with Crippen molar-refractivity contribution in [3.8, 4) is 0 Å². The Morgan fingerprint density at radius 3 is 2.44 bits per heavy atom. The number of rotatable bonds is 4. The Morgan fingerprint density at radius 1 is 0.963 bits per heavy atom. The van der Waals surface area contributed by atoms with Crippen molar-refractivity contribution in [2.75, 3.05) is 57.4 Å². The Labute approximate surface area is 159 Å². The topological polar surface area (TPSA) is 61.8 Å². The monoisotopic (exact) mass is 367 g/mol. The molecule has 0 radical (unpaired) electrons. The van der Waals surface area contributed by atoms with Crippen LogP contribution in [0.2, 0.25) is 0 Å². The summed E-state index contributed by atoms with van der Waals surface area (Å²) in [6.45, 7) is 5.86. The summed E-state index contributed by atoms with van der Waals surface area (Å²) in [5, 5.41) is 0. The lowest BCUT2D eigenvalue weighted by molar-refractivity contribution is -0.139. The molecule has 0 N–H and O–H groups in total. The number of amides is 1. The molecule has 2 aromatic heterocycles. The van der Waals surface area contributed by atoms with Gasteiger partial charge in [-0.25, -0.2) is 4.98 Å². The molecule has 2 saturated heterocycles. The lowest BCUT2D eigenvalue weighted by atomic mass is 10.0. The van der Waals surface area contributed by atoms with Gasteiger partial charge >= 0.3 is 0 Å². The first-order valence-corrected chi connectivity index (χ1v) is 9.49. The van der Waals surface area contributed by atoms with E-state index in [4.69, 9.17) is 4.74 Å². The van der Waals surface area contributed by atoms with Gasteiger partial charge in [0.2, 0.25) is 5.91 Å². The van der Waals surface area contributed by atoms with Crippen LogP contribution in [0.5, 0.6) is 0 Å². The van der Waals surface area contributed by atoms with Crippen molar-refractivity contribution in [2.45, 2.75) is 6.04 Å². The zero-order valence-electron chi connectivity index (χ0n) is 15.4. The van der Waals surface area contributed by atoms with E-state index in [9.17, 15) is 4.79 Å². The summed E-state index contributed by atoms with van der Waals surface area (Å²) < 4.78 is 5.48. The number of nitrogens with zero attached hydrogens (tertiary/aromatic N) is 5. The fourth-order valence-corrected chi connectivity index (χ4v) is 3.75. The van der Waals surface area contributed by atoms with Crippen LogP contribution in [-0.2, 0) is 9.53 Å². The normalized spacial score (nSPS) is 19.7.